The van der Waals surface area contributed by atoms with E-state index < -0.39 is 12.3 Å². The SMILES string of the molecule is CC(C)(C)OC(=O)N1C[C@@H]2OC[C@H]1[C@@H]2CF. The number of rotatable bonds is 1. The second-order valence-corrected chi connectivity index (χ2v) is 5.39. The van der Waals surface area contributed by atoms with E-state index in [-0.39, 0.29) is 24.2 Å². The highest BCUT2D eigenvalue weighted by molar-refractivity contribution is 5.69. The van der Waals surface area contributed by atoms with Crippen LogP contribution in [-0.2, 0) is 9.47 Å². The van der Waals surface area contributed by atoms with Crippen molar-refractivity contribution in [3.8, 4) is 0 Å². The molecule has 5 heteroatoms. The average molecular weight is 231 g/mol. The molecule has 2 aliphatic heterocycles. The lowest BCUT2D eigenvalue weighted by Crippen LogP contribution is -2.44. The predicted molar refractivity (Wildman–Crippen MR) is 55.9 cm³/mol. The molecule has 0 radical (unpaired) electrons. The van der Waals surface area contributed by atoms with E-state index in [1.807, 2.05) is 20.8 Å². The number of morpholine rings is 1. The number of fused-ring (bicyclic) bond motifs is 2. The van der Waals surface area contributed by atoms with Gasteiger partial charge in [0, 0.05) is 5.92 Å². The van der Waals surface area contributed by atoms with Crippen LogP contribution in [0.2, 0.25) is 0 Å². The molecule has 0 N–H and O–H groups in total. The van der Waals surface area contributed by atoms with Gasteiger partial charge in [0.2, 0.25) is 0 Å². The molecule has 0 spiro atoms. The lowest BCUT2D eigenvalue weighted by atomic mass is 10.0. The first kappa shape index (κ1) is 11.6. The van der Waals surface area contributed by atoms with Gasteiger partial charge >= 0.3 is 6.09 Å². The van der Waals surface area contributed by atoms with Gasteiger partial charge in [-0.1, -0.05) is 0 Å². The van der Waals surface area contributed by atoms with Crippen molar-refractivity contribution >= 4 is 6.09 Å². The third-order valence-corrected chi connectivity index (χ3v) is 3.04. The van der Waals surface area contributed by atoms with Crippen LogP contribution in [0.4, 0.5) is 9.18 Å². The number of carbonyl (C=O) groups excluding carboxylic acids is 1. The number of carbonyl (C=O) groups is 1. The first-order chi connectivity index (χ1) is 7.42. The molecule has 0 unspecified atom stereocenters. The Hall–Kier alpha value is -0.840. The Kier molecular flexibility index (Phi) is 2.82. The third kappa shape index (κ3) is 2.00. The number of halogens is 1. The molecule has 92 valence electrons. The van der Waals surface area contributed by atoms with Crippen molar-refractivity contribution < 1.29 is 18.7 Å². The number of likely N-dealkylation sites (tertiary alicyclic amines) is 1. The molecule has 2 aliphatic rings. The van der Waals surface area contributed by atoms with Crippen molar-refractivity contribution in [2.45, 2.75) is 38.5 Å². The van der Waals surface area contributed by atoms with Gasteiger partial charge in [0.25, 0.3) is 0 Å². The molecule has 0 aromatic rings. The van der Waals surface area contributed by atoms with Gasteiger partial charge in [0.1, 0.15) is 5.60 Å². The van der Waals surface area contributed by atoms with Gasteiger partial charge < -0.3 is 9.47 Å². The lowest BCUT2D eigenvalue weighted by Gasteiger charge is -2.30. The van der Waals surface area contributed by atoms with Crippen LogP contribution in [0.1, 0.15) is 20.8 Å². The highest BCUT2D eigenvalue weighted by Gasteiger charge is 2.50. The quantitative estimate of drug-likeness (QED) is 0.688. The largest absolute Gasteiger partial charge is 0.444 e. The number of hydrogen-bond acceptors (Lipinski definition) is 3. The van der Waals surface area contributed by atoms with Crippen LogP contribution < -0.4 is 0 Å². The summed E-state index contributed by atoms with van der Waals surface area (Å²) >= 11 is 0. The first-order valence-electron chi connectivity index (χ1n) is 5.59. The van der Waals surface area contributed by atoms with Gasteiger partial charge in [-0.2, -0.15) is 0 Å². The van der Waals surface area contributed by atoms with Crippen LogP contribution in [0.15, 0.2) is 0 Å². The molecule has 2 rings (SSSR count). The summed E-state index contributed by atoms with van der Waals surface area (Å²) in [7, 11) is 0. The summed E-state index contributed by atoms with van der Waals surface area (Å²) in [6.07, 6.45) is -0.510. The van der Waals surface area contributed by atoms with E-state index in [0.717, 1.165) is 0 Å². The molecule has 0 saturated carbocycles. The Balaban J connectivity index is 2.00. The summed E-state index contributed by atoms with van der Waals surface area (Å²) in [6.45, 7) is 5.91. The fraction of sp³-hybridized carbons (Fsp3) is 0.909. The molecule has 2 heterocycles. The fourth-order valence-electron chi connectivity index (χ4n) is 2.29. The molecular formula is C11H18FNO3. The summed E-state index contributed by atoms with van der Waals surface area (Å²) in [5.41, 5.74) is -0.509. The zero-order valence-corrected chi connectivity index (χ0v) is 9.90. The van der Waals surface area contributed by atoms with Gasteiger partial charge in [-0.25, -0.2) is 4.79 Å². The molecule has 0 aromatic carbocycles. The number of nitrogens with zero attached hydrogens (tertiary/aromatic N) is 1. The van der Waals surface area contributed by atoms with Crippen LogP contribution in [0.5, 0.6) is 0 Å². The normalized spacial score (nSPS) is 33.2. The second-order valence-electron chi connectivity index (χ2n) is 5.39. The Morgan fingerprint density at radius 1 is 1.56 bits per heavy atom. The van der Waals surface area contributed by atoms with Gasteiger partial charge in [0.05, 0.1) is 32.0 Å². The van der Waals surface area contributed by atoms with E-state index in [1.165, 1.54) is 0 Å². The summed E-state index contributed by atoms with van der Waals surface area (Å²) < 4.78 is 23.4. The zero-order chi connectivity index (χ0) is 11.9. The van der Waals surface area contributed by atoms with Gasteiger partial charge in [-0.3, -0.25) is 9.29 Å². The molecule has 2 fully saturated rings. The van der Waals surface area contributed by atoms with E-state index >= 15 is 0 Å². The number of alkyl halides is 1. The smallest absolute Gasteiger partial charge is 0.410 e. The molecule has 1 amide bonds. The van der Waals surface area contributed by atoms with Crippen molar-refractivity contribution in [2.24, 2.45) is 5.92 Å². The van der Waals surface area contributed by atoms with Crippen molar-refractivity contribution in [3.63, 3.8) is 0 Å². The van der Waals surface area contributed by atoms with E-state index in [0.29, 0.717) is 13.2 Å². The summed E-state index contributed by atoms with van der Waals surface area (Å²) in [4.78, 5) is 13.4. The minimum Gasteiger partial charge on any atom is -0.444 e. The van der Waals surface area contributed by atoms with Crippen LogP contribution >= 0.6 is 0 Å². The molecule has 4 nitrogen and oxygen atoms in total. The molecule has 2 saturated heterocycles. The van der Waals surface area contributed by atoms with E-state index in [9.17, 15) is 9.18 Å². The Morgan fingerprint density at radius 2 is 2.25 bits per heavy atom. The van der Waals surface area contributed by atoms with Crippen LogP contribution in [0.3, 0.4) is 0 Å². The van der Waals surface area contributed by atoms with Crippen LogP contribution in [0, 0.1) is 5.92 Å². The second kappa shape index (κ2) is 3.87. The van der Waals surface area contributed by atoms with Crippen molar-refractivity contribution in [3.05, 3.63) is 0 Å². The van der Waals surface area contributed by atoms with Crippen molar-refractivity contribution in [1.29, 1.82) is 0 Å². The standard InChI is InChI=1S/C11H18FNO3/c1-11(2,3)16-10(14)13-5-9-7(4-12)8(13)6-15-9/h7-9H,4-6H2,1-3H3/t7-,8-,9-/m0/s1. The summed E-state index contributed by atoms with van der Waals surface area (Å²) in [6, 6.07) is -0.148. The maximum atomic E-state index is 12.8. The van der Waals surface area contributed by atoms with Gasteiger partial charge in [-0.15, -0.1) is 0 Å². The molecule has 16 heavy (non-hydrogen) atoms. The van der Waals surface area contributed by atoms with Gasteiger partial charge in [-0.05, 0) is 20.8 Å². The highest BCUT2D eigenvalue weighted by Crippen LogP contribution is 2.35. The monoisotopic (exact) mass is 231 g/mol. The van der Waals surface area contributed by atoms with E-state index in [4.69, 9.17) is 9.47 Å². The molecular weight excluding hydrogens is 213 g/mol. The lowest BCUT2D eigenvalue weighted by molar-refractivity contribution is -0.00898. The Bertz CT molecular complexity index is 289. The summed E-state index contributed by atoms with van der Waals surface area (Å²) in [5, 5.41) is 0. The van der Waals surface area contributed by atoms with Crippen LogP contribution in [-0.4, -0.2) is 48.6 Å². The summed E-state index contributed by atoms with van der Waals surface area (Å²) in [5.74, 6) is -0.174. The molecule has 0 aliphatic carbocycles. The zero-order valence-electron chi connectivity index (χ0n) is 9.90. The number of hydrogen-bond donors (Lipinski definition) is 0. The minimum absolute atomic E-state index is 0.148. The first-order valence-corrected chi connectivity index (χ1v) is 5.59. The highest BCUT2D eigenvalue weighted by atomic mass is 19.1. The topological polar surface area (TPSA) is 38.8 Å². The van der Waals surface area contributed by atoms with E-state index in [1.54, 1.807) is 4.90 Å². The van der Waals surface area contributed by atoms with Crippen molar-refractivity contribution in [2.75, 3.05) is 19.8 Å². The maximum absolute atomic E-state index is 12.8. The Labute approximate surface area is 94.7 Å². The number of ether oxygens (including phenoxy) is 2. The third-order valence-electron chi connectivity index (χ3n) is 3.04. The molecule has 3 atom stereocenters. The minimum atomic E-state index is -0.509. The molecule has 2 bridgehead atoms. The number of amides is 1. The predicted octanol–water partition coefficient (Wildman–Crippen LogP) is 1.59. The van der Waals surface area contributed by atoms with Crippen LogP contribution in [0.25, 0.3) is 0 Å². The average Bonchev–Trinajstić information content (AvgIpc) is 2.70. The van der Waals surface area contributed by atoms with Gasteiger partial charge in [0.15, 0.2) is 0 Å². The van der Waals surface area contributed by atoms with E-state index in [2.05, 4.69) is 0 Å². The fourth-order valence-corrected chi connectivity index (χ4v) is 2.29. The van der Waals surface area contributed by atoms with Crippen molar-refractivity contribution in [1.82, 2.24) is 4.90 Å². The Morgan fingerprint density at radius 3 is 2.75 bits per heavy atom. The maximum Gasteiger partial charge on any atom is 0.410 e. The molecule has 0 aromatic heterocycles.